The van der Waals surface area contributed by atoms with Gasteiger partial charge in [-0.3, -0.25) is 0 Å². The topological polar surface area (TPSA) is 3.24 Å². The van der Waals surface area contributed by atoms with Gasteiger partial charge in [0.25, 0.3) is 0 Å². The van der Waals surface area contributed by atoms with Gasteiger partial charge in [-0.1, -0.05) is 192 Å². The second-order valence-corrected chi connectivity index (χ2v) is 21.5. The van der Waals surface area contributed by atoms with Crippen LogP contribution >= 0.6 is 0 Å². The molecule has 0 unspecified atom stereocenters. The van der Waals surface area contributed by atoms with Gasteiger partial charge in [0.05, 0.1) is 5.69 Å². The van der Waals surface area contributed by atoms with Crippen molar-refractivity contribution in [1.82, 2.24) is 0 Å². The van der Waals surface area contributed by atoms with Crippen molar-refractivity contribution in [2.45, 2.75) is 110 Å². The average Bonchev–Trinajstić information content (AvgIpc) is 3.70. The molecular formula is C59H59N. The fraction of sp³-hybridized carbons (Fsp3) is 0.288. The third-order valence-corrected chi connectivity index (χ3v) is 14.5. The first kappa shape index (κ1) is 38.5. The minimum absolute atomic E-state index is 0.00753. The van der Waals surface area contributed by atoms with Crippen LogP contribution in [-0.4, -0.2) is 0 Å². The highest BCUT2D eigenvalue weighted by molar-refractivity contribution is 5.99. The van der Waals surface area contributed by atoms with Crippen LogP contribution < -0.4 is 4.90 Å². The highest BCUT2D eigenvalue weighted by Gasteiger charge is 2.43. The minimum Gasteiger partial charge on any atom is -0.310 e. The molecule has 0 saturated carbocycles. The summed E-state index contributed by atoms with van der Waals surface area (Å²) in [5, 5.41) is 0. The number of rotatable bonds is 4. The van der Waals surface area contributed by atoms with E-state index in [2.05, 4.69) is 228 Å². The maximum absolute atomic E-state index is 2.56. The Morgan fingerprint density at radius 3 is 1.37 bits per heavy atom. The molecule has 0 N–H and O–H groups in total. The number of para-hydroxylation sites is 1. The molecule has 0 bridgehead atoms. The van der Waals surface area contributed by atoms with Gasteiger partial charge in [-0.15, -0.1) is 0 Å². The van der Waals surface area contributed by atoms with Gasteiger partial charge in [0.1, 0.15) is 0 Å². The molecule has 0 saturated heterocycles. The first-order chi connectivity index (χ1) is 28.3. The zero-order valence-corrected chi connectivity index (χ0v) is 37.7. The molecule has 7 aromatic carbocycles. The highest BCUT2D eigenvalue weighted by Crippen LogP contribution is 2.58. The van der Waals surface area contributed by atoms with Crippen molar-refractivity contribution in [3.8, 4) is 44.5 Å². The smallest absolute Gasteiger partial charge is 0.0540 e. The van der Waals surface area contributed by atoms with Crippen molar-refractivity contribution < 1.29 is 0 Å². The van der Waals surface area contributed by atoms with Gasteiger partial charge in [0, 0.05) is 33.2 Å². The first-order valence-electron chi connectivity index (χ1n) is 22.0. The highest BCUT2D eigenvalue weighted by atomic mass is 15.1. The van der Waals surface area contributed by atoms with Crippen molar-refractivity contribution >= 4 is 17.1 Å². The van der Waals surface area contributed by atoms with Gasteiger partial charge in [0.2, 0.25) is 0 Å². The third kappa shape index (κ3) is 5.43. The fourth-order valence-electron chi connectivity index (χ4n) is 11.2. The normalized spacial score (nSPS) is 16.1. The lowest BCUT2D eigenvalue weighted by molar-refractivity contribution is 0.545. The number of anilines is 3. The Labute approximate surface area is 359 Å². The van der Waals surface area contributed by atoms with Crippen LogP contribution in [0, 0.1) is 0 Å². The average molecular weight is 782 g/mol. The summed E-state index contributed by atoms with van der Waals surface area (Å²) in [7, 11) is 0. The number of hydrogen-bond donors (Lipinski definition) is 0. The van der Waals surface area contributed by atoms with E-state index >= 15 is 0 Å². The van der Waals surface area contributed by atoms with Gasteiger partial charge >= 0.3 is 0 Å². The third-order valence-electron chi connectivity index (χ3n) is 14.5. The van der Waals surface area contributed by atoms with Gasteiger partial charge in [-0.05, 0) is 125 Å². The van der Waals surface area contributed by atoms with E-state index in [1.54, 1.807) is 0 Å². The molecule has 0 heterocycles. The molecule has 3 aliphatic carbocycles. The van der Waals surface area contributed by atoms with E-state index in [9.17, 15) is 0 Å². The van der Waals surface area contributed by atoms with Crippen molar-refractivity contribution in [1.29, 1.82) is 0 Å². The van der Waals surface area contributed by atoms with E-state index in [-0.39, 0.29) is 27.1 Å². The van der Waals surface area contributed by atoms with Crippen molar-refractivity contribution in [3.63, 3.8) is 0 Å². The zero-order valence-electron chi connectivity index (χ0n) is 37.7. The molecule has 1 nitrogen and oxygen atoms in total. The first-order valence-corrected chi connectivity index (χ1v) is 22.0. The lowest BCUT2D eigenvalue weighted by Crippen LogP contribution is -2.24. The largest absolute Gasteiger partial charge is 0.310 e. The Balaban J connectivity index is 1.24. The molecule has 3 aliphatic rings. The molecule has 60 heavy (non-hydrogen) atoms. The number of nitrogens with zero attached hydrogens (tertiary/aromatic N) is 1. The Morgan fingerprint density at radius 1 is 0.367 bits per heavy atom. The summed E-state index contributed by atoms with van der Waals surface area (Å²) in [4.78, 5) is 2.56. The van der Waals surface area contributed by atoms with Crippen LogP contribution in [0.2, 0.25) is 0 Å². The van der Waals surface area contributed by atoms with Gasteiger partial charge in [0.15, 0.2) is 0 Å². The van der Waals surface area contributed by atoms with E-state index in [1.165, 1.54) is 106 Å². The van der Waals surface area contributed by atoms with E-state index in [4.69, 9.17) is 0 Å². The molecule has 0 atom stereocenters. The molecular weight excluding hydrogens is 723 g/mol. The minimum atomic E-state index is -0.157. The molecule has 0 fully saturated rings. The van der Waals surface area contributed by atoms with Gasteiger partial charge in [-0.2, -0.15) is 0 Å². The van der Waals surface area contributed by atoms with E-state index in [0.29, 0.717) is 0 Å². The Bertz CT molecular complexity index is 2810. The second kappa shape index (κ2) is 12.7. The molecule has 1 heteroatoms. The number of hydrogen-bond acceptors (Lipinski definition) is 1. The van der Waals surface area contributed by atoms with Gasteiger partial charge < -0.3 is 4.90 Å². The van der Waals surface area contributed by atoms with Crippen LogP contribution in [-0.2, 0) is 27.1 Å². The molecule has 0 radical (unpaired) electrons. The maximum atomic E-state index is 2.56. The molecule has 0 amide bonds. The van der Waals surface area contributed by atoms with Crippen LogP contribution in [0.15, 0.2) is 140 Å². The van der Waals surface area contributed by atoms with Gasteiger partial charge in [-0.25, -0.2) is 0 Å². The zero-order chi connectivity index (χ0) is 42.3. The molecule has 0 spiro atoms. The Kier molecular flexibility index (Phi) is 8.15. The van der Waals surface area contributed by atoms with E-state index in [1.807, 2.05) is 0 Å². The van der Waals surface area contributed by atoms with Crippen molar-refractivity contribution in [2.75, 3.05) is 4.90 Å². The van der Waals surface area contributed by atoms with Crippen LogP contribution in [0.4, 0.5) is 17.1 Å². The molecule has 0 aliphatic heterocycles. The monoisotopic (exact) mass is 781 g/mol. The van der Waals surface area contributed by atoms with Crippen molar-refractivity contribution in [3.05, 3.63) is 184 Å². The maximum Gasteiger partial charge on any atom is 0.0540 e. The lowest BCUT2D eigenvalue weighted by Gasteiger charge is -2.32. The Morgan fingerprint density at radius 2 is 0.833 bits per heavy atom. The molecule has 7 aromatic rings. The quantitative estimate of drug-likeness (QED) is 0.172. The Hall–Kier alpha value is -5.66. The van der Waals surface area contributed by atoms with E-state index in [0.717, 1.165) is 0 Å². The van der Waals surface area contributed by atoms with E-state index < -0.39 is 0 Å². The van der Waals surface area contributed by atoms with Crippen LogP contribution in [0.25, 0.3) is 44.5 Å². The lowest BCUT2D eigenvalue weighted by atomic mass is 9.71. The summed E-state index contributed by atoms with van der Waals surface area (Å²) in [6.07, 6.45) is 0. The van der Waals surface area contributed by atoms with Crippen molar-refractivity contribution in [2.24, 2.45) is 0 Å². The number of benzene rings is 7. The summed E-state index contributed by atoms with van der Waals surface area (Å²) >= 11 is 0. The molecule has 300 valence electrons. The standard InChI is InChI=1S/C59H59N/c1-55(2,3)36-32-45-53-44(23-19-26-48(53)59(11,12)54(45)51(33-36)56(4,5)6)43-22-15-18-27-52(43)60(37-28-30-41-39-20-13-16-24-46(39)57(7,8)49(41)34-37)38-29-31-42-40-21-14-17-25-47(40)58(9,10)50(42)35-38/h13-35H,1-12H3. The number of fused-ring (bicyclic) bond motifs is 9. The van der Waals surface area contributed by atoms with Crippen LogP contribution in [0.1, 0.15) is 128 Å². The SMILES string of the molecule is CC(C)(C)c1cc2c(c(C(C)(C)C)c1)C(C)(C)c1cccc(-c3ccccc3N(c3ccc4c(c3)C(C)(C)c3ccccc3-4)c3ccc4c(c3)C(C)(C)c3ccccc3-4)c1-2. The molecule has 10 rings (SSSR count). The van der Waals surface area contributed by atoms with Crippen LogP contribution in [0.5, 0.6) is 0 Å². The summed E-state index contributed by atoms with van der Waals surface area (Å²) < 4.78 is 0. The predicted octanol–water partition coefficient (Wildman–Crippen LogP) is 16.3. The summed E-state index contributed by atoms with van der Waals surface area (Å²) in [6, 6.07) is 53.7. The fourth-order valence-corrected chi connectivity index (χ4v) is 11.2. The second-order valence-electron chi connectivity index (χ2n) is 21.5. The summed E-state index contributed by atoms with van der Waals surface area (Å²) in [6.45, 7) is 28.7. The summed E-state index contributed by atoms with van der Waals surface area (Å²) in [5.41, 5.74) is 25.0. The molecule has 0 aromatic heterocycles. The van der Waals surface area contributed by atoms with Crippen LogP contribution in [0.3, 0.4) is 0 Å². The predicted molar refractivity (Wildman–Crippen MR) is 257 cm³/mol. The summed E-state index contributed by atoms with van der Waals surface area (Å²) in [5.74, 6) is 0.